The Bertz CT molecular complexity index is 902. The lowest BCUT2D eigenvalue weighted by Crippen LogP contribution is -2.24. The molecule has 0 saturated carbocycles. The van der Waals surface area contributed by atoms with Crippen LogP contribution in [0.5, 0.6) is 5.75 Å². The molecule has 0 atom stereocenters. The maximum Gasteiger partial charge on any atom is 0.277 e. The average Bonchev–Trinajstić information content (AvgIpc) is 2.90. The van der Waals surface area contributed by atoms with E-state index in [0.29, 0.717) is 10.8 Å². The van der Waals surface area contributed by atoms with E-state index in [4.69, 9.17) is 16.3 Å². The molecular weight excluding hydrogens is 326 g/mol. The van der Waals surface area contributed by atoms with Gasteiger partial charge in [-0.15, -0.1) is 0 Å². The van der Waals surface area contributed by atoms with Gasteiger partial charge in [0.25, 0.3) is 5.91 Å². The second-order valence-corrected chi connectivity index (χ2v) is 5.63. The van der Waals surface area contributed by atoms with E-state index in [9.17, 15) is 4.79 Å². The number of aromatic nitrogens is 1. The number of nitrogens with zero attached hydrogens (tertiary/aromatic N) is 1. The minimum atomic E-state index is -0.358. The molecular formula is C18H16ClN3O2. The summed E-state index contributed by atoms with van der Waals surface area (Å²) in [6, 6.07) is 14.9. The van der Waals surface area contributed by atoms with Crippen LogP contribution >= 0.6 is 11.6 Å². The highest BCUT2D eigenvalue weighted by Gasteiger charge is 2.06. The fraction of sp³-hybridized carbons (Fsp3) is 0.111. The number of rotatable bonds is 5. The third kappa shape index (κ3) is 3.58. The highest BCUT2D eigenvalue weighted by molar-refractivity contribution is 6.32. The Balaban J connectivity index is 1.60. The van der Waals surface area contributed by atoms with Gasteiger partial charge >= 0.3 is 0 Å². The standard InChI is InChI=1S/C18H16ClN3O2/c1-12-14(13-6-2-4-8-16(13)21-12)10-20-22-18(23)11-24-17-9-5-3-7-15(17)19/h2-10,21H,11H2,1H3,(H,22,23). The maximum absolute atomic E-state index is 11.8. The highest BCUT2D eigenvalue weighted by Crippen LogP contribution is 2.23. The van der Waals surface area contributed by atoms with Crippen molar-refractivity contribution in [3.63, 3.8) is 0 Å². The molecule has 122 valence electrons. The third-order valence-corrected chi connectivity index (χ3v) is 3.83. The summed E-state index contributed by atoms with van der Waals surface area (Å²) in [7, 11) is 0. The molecule has 6 heteroatoms. The van der Waals surface area contributed by atoms with E-state index in [1.807, 2.05) is 31.2 Å². The van der Waals surface area contributed by atoms with Gasteiger partial charge in [-0.05, 0) is 25.1 Å². The van der Waals surface area contributed by atoms with Crippen molar-refractivity contribution in [1.29, 1.82) is 0 Å². The summed E-state index contributed by atoms with van der Waals surface area (Å²) < 4.78 is 5.36. The summed E-state index contributed by atoms with van der Waals surface area (Å²) in [5, 5.41) is 5.52. The van der Waals surface area contributed by atoms with Gasteiger partial charge in [0, 0.05) is 22.2 Å². The summed E-state index contributed by atoms with van der Waals surface area (Å²) in [4.78, 5) is 15.1. The summed E-state index contributed by atoms with van der Waals surface area (Å²) in [5.41, 5.74) is 5.41. The molecule has 0 bridgehead atoms. The Morgan fingerprint density at radius 1 is 1.25 bits per heavy atom. The van der Waals surface area contributed by atoms with E-state index < -0.39 is 0 Å². The second-order valence-electron chi connectivity index (χ2n) is 5.22. The van der Waals surface area contributed by atoms with Gasteiger partial charge in [0.05, 0.1) is 11.2 Å². The number of halogens is 1. The molecule has 0 unspecified atom stereocenters. The zero-order valence-corrected chi connectivity index (χ0v) is 13.8. The predicted octanol–water partition coefficient (Wildman–Crippen LogP) is 3.66. The van der Waals surface area contributed by atoms with E-state index in [1.165, 1.54) is 0 Å². The lowest BCUT2D eigenvalue weighted by atomic mass is 10.1. The van der Waals surface area contributed by atoms with Crippen molar-refractivity contribution in [2.45, 2.75) is 6.92 Å². The summed E-state index contributed by atoms with van der Waals surface area (Å²) in [5.74, 6) is 0.106. The molecule has 0 aliphatic heterocycles. The van der Waals surface area contributed by atoms with Crippen LogP contribution in [0.15, 0.2) is 53.6 Å². The summed E-state index contributed by atoms with van der Waals surface area (Å²) in [6.45, 7) is 1.80. The van der Waals surface area contributed by atoms with Crippen molar-refractivity contribution in [2.75, 3.05) is 6.61 Å². The Hall–Kier alpha value is -2.79. The van der Waals surface area contributed by atoms with Crippen molar-refractivity contribution in [2.24, 2.45) is 5.10 Å². The number of aromatic amines is 1. The molecule has 0 aliphatic carbocycles. The fourth-order valence-corrected chi connectivity index (χ4v) is 2.56. The molecule has 24 heavy (non-hydrogen) atoms. The van der Waals surface area contributed by atoms with Gasteiger partial charge < -0.3 is 9.72 Å². The lowest BCUT2D eigenvalue weighted by Gasteiger charge is -2.06. The molecule has 2 N–H and O–H groups in total. The first-order valence-electron chi connectivity index (χ1n) is 7.41. The number of fused-ring (bicyclic) bond motifs is 1. The van der Waals surface area contributed by atoms with Crippen LogP contribution < -0.4 is 10.2 Å². The molecule has 2 aromatic carbocycles. The van der Waals surface area contributed by atoms with Gasteiger partial charge in [0.15, 0.2) is 6.61 Å². The van der Waals surface area contributed by atoms with Gasteiger partial charge in [-0.3, -0.25) is 4.79 Å². The third-order valence-electron chi connectivity index (χ3n) is 3.52. The number of benzene rings is 2. The normalized spacial score (nSPS) is 11.1. The molecule has 0 spiro atoms. The van der Waals surface area contributed by atoms with Gasteiger partial charge in [-0.1, -0.05) is 41.9 Å². The Kier molecular flexibility index (Phi) is 4.82. The van der Waals surface area contributed by atoms with E-state index in [0.717, 1.165) is 22.2 Å². The monoisotopic (exact) mass is 341 g/mol. The second kappa shape index (κ2) is 7.19. The van der Waals surface area contributed by atoms with Gasteiger partial charge in [-0.25, -0.2) is 5.43 Å². The first kappa shape index (κ1) is 16.1. The maximum atomic E-state index is 11.8. The molecule has 0 fully saturated rings. The Morgan fingerprint density at radius 3 is 2.83 bits per heavy atom. The van der Waals surface area contributed by atoms with Crippen LogP contribution in [0.3, 0.4) is 0 Å². The van der Waals surface area contributed by atoms with Crippen LogP contribution in [0.25, 0.3) is 10.9 Å². The average molecular weight is 342 g/mol. The minimum absolute atomic E-state index is 0.159. The number of hydrogen-bond acceptors (Lipinski definition) is 3. The van der Waals surface area contributed by atoms with Crippen LogP contribution in [-0.4, -0.2) is 23.7 Å². The molecule has 0 radical (unpaired) electrons. The molecule has 3 rings (SSSR count). The van der Waals surface area contributed by atoms with Crippen molar-refractivity contribution >= 4 is 34.6 Å². The topological polar surface area (TPSA) is 66.5 Å². The number of para-hydroxylation sites is 2. The largest absolute Gasteiger partial charge is 0.482 e. The van der Waals surface area contributed by atoms with Crippen LogP contribution in [0.1, 0.15) is 11.3 Å². The molecule has 1 heterocycles. The van der Waals surface area contributed by atoms with Crippen LogP contribution in [0.2, 0.25) is 5.02 Å². The number of hydrazone groups is 1. The quantitative estimate of drug-likeness (QED) is 0.549. The van der Waals surface area contributed by atoms with Crippen molar-refractivity contribution in [1.82, 2.24) is 10.4 Å². The highest BCUT2D eigenvalue weighted by atomic mass is 35.5. The Morgan fingerprint density at radius 2 is 2.00 bits per heavy atom. The van der Waals surface area contributed by atoms with Gasteiger partial charge in [0.2, 0.25) is 0 Å². The molecule has 3 aromatic rings. The zero-order chi connectivity index (χ0) is 16.9. The van der Waals surface area contributed by atoms with Gasteiger partial charge in [0.1, 0.15) is 5.75 Å². The lowest BCUT2D eigenvalue weighted by molar-refractivity contribution is -0.123. The molecule has 5 nitrogen and oxygen atoms in total. The number of aryl methyl sites for hydroxylation is 1. The van der Waals surface area contributed by atoms with Gasteiger partial charge in [-0.2, -0.15) is 5.10 Å². The van der Waals surface area contributed by atoms with E-state index in [2.05, 4.69) is 15.5 Å². The number of hydrogen-bond donors (Lipinski definition) is 2. The van der Waals surface area contributed by atoms with E-state index in [1.54, 1.807) is 30.5 Å². The summed E-state index contributed by atoms with van der Waals surface area (Å²) >= 11 is 5.96. The number of carbonyl (C=O) groups is 1. The number of H-pyrrole nitrogens is 1. The molecule has 1 aromatic heterocycles. The molecule has 1 amide bonds. The fourth-order valence-electron chi connectivity index (χ4n) is 2.37. The van der Waals surface area contributed by atoms with E-state index in [-0.39, 0.29) is 12.5 Å². The first-order valence-corrected chi connectivity index (χ1v) is 7.79. The predicted molar refractivity (Wildman–Crippen MR) is 95.7 cm³/mol. The zero-order valence-electron chi connectivity index (χ0n) is 13.0. The van der Waals surface area contributed by atoms with Crippen LogP contribution in [0, 0.1) is 6.92 Å². The SMILES string of the molecule is Cc1[nH]c2ccccc2c1C=NNC(=O)COc1ccccc1Cl. The molecule has 0 saturated heterocycles. The summed E-state index contributed by atoms with van der Waals surface area (Å²) in [6.07, 6.45) is 1.63. The Labute approximate surface area is 144 Å². The number of carbonyl (C=O) groups excluding carboxylic acids is 1. The van der Waals surface area contributed by atoms with Crippen LogP contribution in [-0.2, 0) is 4.79 Å². The van der Waals surface area contributed by atoms with Crippen molar-refractivity contribution in [3.8, 4) is 5.75 Å². The first-order chi connectivity index (χ1) is 11.6. The van der Waals surface area contributed by atoms with Crippen molar-refractivity contribution < 1.29 is 9.53 Å². The minimum Gasteiger partial charge on any atom is -0.482 e. The van der Waals surface area contributed by atoms with E-state index >= 15 is 0 Å². The number of amides is 1. The molecule has 0 aliphatic rings. The number of nitrogens with one attached hydrogen (secondary N) is 2. The van der Waals surface area contributed by atoms with Crippen LogP contribution in [0.4, 0.5) is 0 Å². The number of ether oxygens (including phenoxy) is 1. The van der Waals surface area contributed by atoms with Crippen molar-refractivity contribution in [3.05, 3.63) is 64.8 Å². The smallest absolute Gasteiger partial charge is 0.277 e.